The molecule has 0 aliphatic carbocycles. The number of methoxy groups -OCH3 is 1. The summed E-state index contributed by atoms with van der Waals surface area (Å²) in [5, 5.41) is 5.53. The predicted molar refractivity (Wildman–Crippen MR) is 91.4 cm³/mol. The Kier molecular flexibility index (Phi) is 6.87. The van der Waals surface area contributed by atoms with Gasteiger partial charge >= 0.3 is 0 Å². The van der Waals surface area contributed by atoms with E-state index in [0.29, 0.717) is 12.2 Å². The van der Waals surface area contributed by atoms with Gasteiger partial charge in [-0.1, -0.05) is 36.7 Å². The molecule has 1 aromatic rings. The van der Waals surface area contributed by atoms with Crippen LogP contribution in [-0.2, 0) is 9.59 Å². The molecule has 0 unspecified atom stereocenters. The van der Waals surface area contributed by atoms with Crippen LogP contribution in [0.15, 0.2) is 24.3 Å². The lowest BCUT2D eigenvalue weighted by Crippen LogP contribution is -2.39. The summed E-state index contributed by atoms with van der Waals surface area (Å²) in [5.74, 6) is 0.480. The lowest BCUT2D eigenvalue weighted by Gasteiger charge is -2.24. The van der Waals surface area contributed by atoms with Crippen LogP contribution in [0.5, 0.6) is 5.75 Å². The number of alkyl halides is 1. The van der Waals surface area contributed by atoms with E-state index in [1.54, 1.807) is 31.4 Å². The summed E-state index contributed by atoms with van der Waals surface area (Å²) >= 11 is 3.37. The van der Waals surface area contributed by atoms with Gasteiger partial charge in [-0.25, -0.2) is 0 Å². The Balaban J connectivity index is 2.35. The van der Waals surface area contributed by atoms with Crippen molar-refractivity contribution in [2.24, 2.45) is 5.41 Å². The van der Waals surface area contributed by atoms with Gasteiger partial charge in [0.15, 0.2) is 0 Å². The van der Waals surface area contributed by atoms with Crippen LogP contribution in [0.4, 0.5) is 5.69 Å². The molecule has 0 fully saturated rings. The summed E-state index contributed by atoms with van der Waals surface area (Å²) in [6.45, 7) is 6.23. The summed E-state index contributed by atoms with van der Waals surface area (Å²) in [6.07, 6.45) is 0.224. The third-order valence-electron chi connectivity index (χ3n) is 3.02. The molecule has 2 amide bonds. The van der Waals surface area contributed by atoms with Gasteiger partial charge in [0.1, 0.15) is 5.75 Å². The maximum atomic E-state index is 11.9. The molecule has 1 rings (SSSR count). The summed E-state index contributed by atoms with van der Waals surface area (Å²) < 4.78 is 5.05. The maximum Gasteiger partial charge on any atom is 0.234 e. The van der Waals surface area contributed by atoms with Gasteiger partial charge in [-0.05, 0) is 29.7 Å². The molecule has 5 nitrogen and oxygen atoms in total. The number of amides is 2. The van der Waals surface area contributed by atoms with E-state index in [4.69, 9.17) is 4.74 Å². The fourth-order valence-electron chi connectivity index (χ4n) is 1.68. The number of carbonyl (C=O) groups excluding carboxylic acids is 2. The number of nitrogens with one attached hydrogen (secondary N) is 2. The second kappa shape index (κ2) is 8.17. The van der Waals surface area contributed by atoms with E-state index in [1.165, 1.54) is 0 Å². The van der Waals surface area contributed by atoms with Crippen molar-refractivity contribution in [1.82, 2.24) is 5.32 Å². The monoisotopic (exact) mass is 370 g/mol. The molecule has 6 heteroatoms. The van der Waals surface area contributed by atoms with Gasteiger partial charge in [0, 0.05) is 18.7 Å². The average Bonchev–Trinajstić information content (AvgIpc) is 2.46. The maximum absolute atomic E-state index is 11.9. The van der Waals surface area contributed by atoms with Crippen molar-refractivity contribution in [2.45, 2.75) is 32.0 Å². The fraction of sp³-hybridized carbons (Fsp3) is 0.500. The highest BCUT2D eigenvalue weighted by atomic mass is 79.9. The van der Waals surface area contributed by atoms with Crippen LogP contribution in [0.1, 0.15) is 27.2 Å². The van der Waals surface area contributed by atoms with Crippen molar-refractivity contribution in [3.8, 4) is 5.75 Å². The van der Waals surface area contributed by atoms with Crippen molar-refractivity contribution < 1.29 is 14.3 Å². The fourth-order valence-corrected chi connectivity index (χ4v) is 1.84. The Labute approximate surface area is 139 Å². The average molecular weight is 371 g/mol. The predicted octanol–water partition coefficient (Wildman–Crippen LogP) is 2.95. The summed E-state index contributed by atoms with van der Waals surface area (Å²) in [7, 11) is 1.59. The number of hydrogen-bond donors (Lipinski definition) is 2. The van der Waals surface area contributed by atoms with Crippen molar-refractivity contribution >= 4 is 33.4 Å². The molecule has 0 aromatic heterocycles. The third kappa shape index (κ3) is 6.05. The third-order valence-corrected chi connectivity index (χ3v) is 4.80. The molecular weight excluding hydrogens is 348 g/mol. The van der Waals surface area contributed by atoms with Crippen molar-refractivity contribution in [3.05, 3.63) is 24.3 Å². The molecule has 0 saturated heterocycles. The zero-order valence-electron chi connectivity index (χ0n) is 13.4. The van der Waals surface area contributed by atoms with E-state index in [-0.39, 0.29) is 28.5 Å². The van der Waals surface area contributed by atoms with Crippen LogP contribution in [0.2, 0.25) is 0 Å². The molecule has 122 valence electrons. The highest BCUT2D eigenvalue weighted by Crippen LogP contribution is 2.25. The molecule has 0 bridgehead atoms. The number of halogens is 1. The zero-order chi connectivity index (χ0) is 16.8. The van der Waals surface area contributed by atoms with Crippen molar-refractivity contribution in [3.63, 3.8) is 0 Å². The molecule has 1 aromatic carbocycles. The lowest BCUT2D eigenvalue weighted by atomic mass is 9.92. The Morgan fingerprint density at radius 3 is 2.32 bits per heavy atom. The molecule has 1 atom stereocenters. The minimum atomic E-state index is -0.287. The van der Waals surface area contributed by atoms with E-state index in [1.807, 2.05) is 20.8 Å². The number of benzene rings is 1. The summed E-state index contributed by atoms with van der Waals surface area (Å²) in [6, 6.07) is 7.08. The van der Waals surface area contributed by atoms with E-state index >= 15 is 0 Å². The van der Waals surface area contributed by atoms with Crippen LogP contribution in [0.25, 0.3) is 0 Å². The largest absolute Gasteiger partial charge is 0.497 e. The standard InChI is InChI=1S/C16H23BrN2O3/c1-16(2,3)14(17)15(21)18-10-9-13(20)19-11-5-7-12(22-4)8-6-11/h5-8,14H,9-10H2,1-4H3,(H,18,21)(H,19,20)/t14-/m0/s1. The lowest BCUT2D eigenvalue weighted by molar-refractivity contribution is -0.122. The molecule has 0 saturated carbocycles. The molecule has 0 spiro atoms. The smallest absolute Gasteiger partial charge is 0.234 e. The molecular formula is C16H23BrN2O3. The first-order chi connectivity index (χ1) is 10.2. The number of carbonyl (C=O) groups is 2. The van der Waals surface area contributed by atoms with Gasteiger partial charge in [-0.15, -0.1) is 0 Å². The Morgan fingerprint density at radius 1 is 1.23 bits per heavy atom. The van der Waals surface area contributed by atoms with Crippen LogP contribution >= 0.6 is 15.9 Å². The van der Waals surface area contributed by atoms with Gasteiger partial charge in [0.05, 0.1) is 11.9 Å². The number of ether oxygens (including phenoxy) is 1. The minimum Gasteiger partial charge on any atom is -0.497 e. The van der Waals surface area contributed by atoms with Gasteiger partial charge in [-0.2, -0.15) is 0 Å². The molecule has 0 aliphatic rings. The number of rotatable bonds is 6. The van der Waals surface area contributed by atoms with Gasteiger partial charge < -0.3 is 15.4 Å². The first-order valence-corrected chi connectivity index (χ1v) is 8.01. The highest BCUT2D eigenvalue weighted by Gasteiger charge is 2.28. The molecule has 2 N–H and O–H groups in total. The molecule has 0 aliphatic heterocycles. The van der Waals surface area contributed by atoms with Gasteiger partial charge in [0.25, 0.3) is 0 Å². The first kappa shape index (κ1) is 18.5. The molecule has 0 radical (unpaired) electrons. The Morgan fingerprint density at radius 2 is 1.82 bits per heavy atom. The number of anilines is 1. The second-order valence-electron chi connectivity index (χ2n) is 6.05. The Bertz CT molecular complexity index is 509. The SMILES string of the molecule is COc1ccc(NC(=O)CCNC(=O)[C@H](Br)C(C)(C)C)cc1. The van der Waals surface area contributed by atoms with Crippen molar-refractivity contribution in [1.29, 1.82) is 0 Å². The number of hydrogen-bond acceptors (Lipinski definition) is 3. The Hall–Kier alpha value is -1.56. The van der Waals surface area contributed by atoms with Gasteiger partial charge in [0.2, 0.25) is 11.8 Å². The highest BCUT2D eigenvalue weighted by molar-refractivity contribution is 9.10. The van der Waals surface area contributed by atoms with Crippen LogP contribution < -0.4 is 15.4 Å². The van der Waals surface area contributed by atoms with Gasteiger partial charge in [-0.3, -0.25) is 9.59 Å². The van der Waals surface area contributed by atoms with E-state index in [2.05, 4.69) is 26.6 Å². The molecule has 22 heavy (non-hydrogen) atoms. The molecule has 0 heterocycles. The van der Waals surface area contributed by atoms with Crippen LogP contribution in [-0.4, -0.2) is 30.3 Å². The normalized spacial score (nSPS) is 12.4. The van der Waals surface area contributed by atoms with E-state index in [9.17, 15) is 9.59 Å². The summed E-state index contributed by atoms with van der Waals surface area (Å²) in [4.78, 5) is 23.4. The van der Waals surface area contributed by atoms with Crippen LogP contribution in [0.3, 0.4) is 0 Å². The second-order valence-corrected chi connectivity index (χ2v) is 6.96. The van der Waals surface area contributed by atoms with Crippen LogP contribution in [0, 0.1) is 5.41 Å². The topological polar surface area (TPSA) is 67.4 Å². The van der Waals surface area contributed by atoms with E-state index < -0.39 is 0 Å². The summed E-state index contributed by atoms with van der Waals surface area (Å²) in [5.41, 5.74) is 0.528. The quantitative estimate of drug-likeness (QED) is 0.756. The zero-order valence-corrected chi connectivity index (χ0v) is 15.0. The minimum absolute atomic E-state index is 0.107. The van der Waals surface area contributed by atoms with E-state index in [0.717, 1.165) is 5.75 Å². The first-order valence-electron chi connectivity index (χ1n) is 7.09. The van der Waals surface area contributed by atoms with Crippen molar-refractivity contribution in [2.75, 3.05) is 19.0 Å².